The van der Waals surface area contributed by atoms with Crippen LogP contribution in [0.5, 0.6) is 0 Å². The van der Waals surface area contributed by atoms with Gasteiger partial charge in [0.1, 0.15) is 6.04 Å². The summed E-state index contributed by atoms with van der Waals surface area (Å²) >= 11 is 0. The fourth-order valence-electron chi connectivity index (χ4n) is 5.08. The van der Waals surface area contributed by atoms with Gasteiger partial charge in [-0.05, 0) is 24.5 Å². The first-order valence-corrected chi connectivity index (χ1v) is 18.2. The van der Waals surface area contributed by atoms with E-state index in [0.29, 0.717) is 130 Å². The molecule has 2 aliphatic rings. The smallest absolute Gasteiger partial charge is 0.264 e. The van der Waals surface area contributed by atoms with Gasteiger partial charge in [-0.3, -0.25) is 29.4 Å². The van der Waals surface area contributed by atoms with Gasteiger partial charge < -0.3 is 47.9 Å². The Hall–Kier alpha value is -3.06. The number of amides is 4. The van der Waals surface area contributed by atoms with Gasteiger partial charge in [-0.25, -0.2) is 0 Å². The SMILES string of the molecule is CCC(C)COCCOCCOCCOCCOCCOCCOCCOCCOCCNc1cccc2c1C(=O)N(C1CCC(=O)NC1=O)C2=O. The van der Waals surface area contributed by atoms with E-state index < -0.39 is 29.7 Å². The minimum Gasteiger partial charge on any atom is -0.382 e. The molecule has 0 saturated carbocycles. The zero-order chi connectivity index (χ0) is 37.2. The van der Waals surface area contributed by atoms with E-state index in [1.165, 1.54) is 0 Å². The molecular weight excluding hydrogens is 682 g/mol. The summed E-state index contributed by atoms with van der Waals surface area (Å²) in [6, 6.07) is 3.91. The molecule has 16 heteroatoms. The Morgan fingerprint density at radius 3 is 1.60 bits per heavy atom. The molecular formula is C36H57N3O13. The molecule has 0 radical (unpaired) electrons. The number of hydrogen-bond donors (Lipinski definition) is 2. The summed E-state index contributed by atoms with van der Waals surface area (Å²) in [7, 11) is 0. The number of rotatable bonds is 32. The topological polar surface area (TPSA) is 179 Å². The molecule has 1 fully saturated rings. The summed E-state index contributed by atoms with van der Waals surface area (Å²) in [5, 5.41) is 5.33. The molecule has 16 nitrogen and oxygen atoms in total. The van der Waals surface area contributed by atoms with Crippen molar-refractivity contribution >= 4 is 29.3 Å². The predicted molar refractivity (Wildman–Crippen MR) is 188 cm³/mol. The molecule has 0 bridgehead atoms. The number of carbonyl (C=O) groups is 4. The predicted octanol–water partition coefficient (Wildman–Crippen LogP) is 1.70. The van der Waals surface area contributed by atoms with Gasteiger partial charge in [0.15, 0.2) is 0 Å². The molecule has 2 N–H and O–H groups in total. The highest BCUT2D eigenvalue weighted by atomic mass is 16.6. The van der Waals surface area contributed by atoms with Gasteiger partial charge >= 0.3 is 0 Å². The number of piperidine rings is 1. The molecule has 1 saturated heterocycles. The lowest BCUT2D eigenvalue weighted by Crippen LogP contribution is -2.54. The molecule has 1 aromatic rings. The van der Waals surface area contributed by atoms with Gasteiger partial charge in [0.25, 0.3) is 11.8 Å². The van der Waals surface area contributed by atoms with Crippen molar-refractivity contribution in [3.05, 3.63) is 29.3 Å². The number of nitrogens with zero attached hydrogens (tertiary/aromatic N) is 1. The zero-order valence-electron chi connectivity index (χ0n) is 30.7. The molecule has 2 unspecified atom stereocenters. The first-order chi connectivity index (χ1) is 25.4. The van der Waals surface area contributed by atoms with Gasteiger partial charge in [0.2, 0.25) is 11.8 Å². The molecule has 0 aliphatic carbocycles. The van der Waals surface area contributed by atoms with Crippen LogP contribution in [-0.2, 0) is 52.2 Å². The molecule has 3 rings (SSSR count). The van der Waals surface area contributed by atoms with E-state index in [1.54, 1.807) is 18.2 Å². The van der Waals surface area contributed by atoms with Crippen molar-refractivity contribution in [3.8, 4) is 0 Å². The van der Waals surface area contributed by atoms with E-state index in [9.17, 15) is 19.2 Å². The van der Waals surface area contributed by atoms with Gasteiger partial charge in [-0.2, -0.15) is 0 Å². The van der Waals surface area contributed by atoms with Crippen LogP contribution in [0.4, 0.5) is 5.69 Å². The average molecular weight is 740 g/mol. The summed E-state index contributed by atoms with van der Waals surface area (Å²) in [5.74, 6) is -1.58. The van der Waals surface area contributed by atoms with E-state index in [4.69, 9.17) is 42.6 Å². The summed E-state index contributed by atoms with van der Waals surface area (Å²) in [5.41, 5.74) is 0.916. The summed E-state index contributed by atoms with van der Waals surface area (Å²) in [6.07, 6.45) is 1.29. The Labute approximate surface area is 306 Å². The second-order valence-corrected chi connectivity index (χ2v) is 12.1. The van der Waals surface area contributed by atoms with E-state index in [-0.39, 0.29) is 24.0 Å². The van der Waals surface area contributed by atoms with E-state index in [1.807, 2.05) is 0 Å². The third-order valence-corrected chi connectivity index (χ3v) is 8.11. The lowest BCUT2D eigenvalue weighted by atomic mass is 10.0. The largest absolute Gasteiger partial charge is 0.382 e. The van der Waals surface area contributed by atoms with E-state index in [0.717, 1.165) is 17.9 Å². The van der Waals surface area contributed by atoms with Crippen LogP contribution in [0.15, 0.2) is 18.2 Å². The molecule has 2 heterocycles. The molecule has 2 aliphatic heterocycles. The molecule has 4 amide bonds. The first kappa shape index (κ1) is 43.3. The number of imide groups is 2. The number of benzene rings is 1. The Morgan fingerprint density at radius 1 is 0.673 bits per heavy atom. The molecule has 0 spiro atoms. The molecule has 294 valence electrons. The highest BCUT2D eigenvalue weighted by molar-refractivity contribution is 6.25. The minimum absolute atomic E-state index is 0.0680. The monoisotopic (exact) mass is 739 g/mol. The van der Waals surface area contributed by atoms with E-state index >= 15 is 0 Å². The highest BCUT2D eigenvalue weighted by Gasteiger charge is 2.45. The number of nitrogens with one attached hydrogen (secondary N) is 2. The molecule has 52 heavy (non-hydrogen) atoms. The first-order valence-electron chi connectivity index (χ1n) is 18.2. The zero-order valence-corrected chi connectivity index (χ0v) is 30.7. The van der Waals surface area contributed by atoms with Crippen LogP contribution in [0.25, 0.3) is 0 Å². The normalized spacial score (nSPS) is 16.4. The van der Waals surface area contributed by atoms with Crippen LogP contribution in [-0.4, -0.2) is 160 Å². The lowest BCUT2D eigenvalue weighted by molar-refractivity contribution is -0.136. The maximum absolute atomic E-state index is 13.1. The van der Waals surface area contributed by atoms with Crippen molar-refractivity contribution in [2.24, 2.45) is 5.92 Å². The van der Waals surface area contributed by atoms with Crippen LogP contribution in [0.1, 0.15) is 53.8 Å². The highest BCUT2D eigenvalue weighted by Crippen LogP contribution is 2.32. The summed E-state index contributed by atoms with van der Waals surface area (Å²) in [4.78, 5) is 50.8. The fourth-order valence-corrected chi connectivity index (χ4v) is 5.08. The van der Waals surface area contributed by atoms with Crippen molar-refractivity contribution < 1.29 is 61.8 Å². The molecule has 0 aromatic heterocycles. The van der Waals surface area contributed by atoms with Gasteiger partial charge in [0.05, 0.1) is 123 Å². The quantitative estimate of drug-likeness (QED) is 0.0806. The van der Waals surface area contributed by atoms with Crippen molar-refractivity contribution in [1.29, 1.82) is 0 Å². The maximum atomic E-state index is 13.1. The second-order valence-electron chi connectivity index (χ2n) is 12.1. The number of fused-ring (bicyclic) bond motifs is 1. The van der Waals surface area contributed by atoms with Crippen LogP contribution >= 0.6 is 0 Å². The standard InChI is InChI=1S/C36H57N3O13/c1-3-28(2)27-52-26-25-51-24-23-50-22-21-49-20-19-48-18-17-47-16-15-46-14-13-45-12-11-44-10-9-37-30-6-4-5-29-33(30)36(43)39(35(29)42)31-7-8-32(40)38-34(31)41/h4-6,28,31,37H,3,7-27H2,1-2H3,(H,38,40,41). The minimum atomic E-state index is -1.01. The second kappa shape index (κ2) is 26.7. The molecule has 2 atom stereocenters. The van der Waals surface area contributed by atoms with Gasteiger partial charge in [-0.1, -0.05) is 26.3 Å². The third kappa shape index (κ3) is 16.3. The fraction of sp³-hybridized carbons (Fsp3) is 0.722. The number of carbonyl (C=O) groups excluding carboxylic acids is 4. The van der Waals surface area contributed by atoms with Crippen LogP contribution in [0, 0.1) is 5.92 Å². The Balaban J connectivity index is 1.04. The van der Waals surface area contributed by atoms with Gasteiger partial charge in [-0.15, -0.1) is 0 Å². The van der Waals surface area contributed by atoms with Crippen LogP contribution in [0.3, 0.4) is 0 Å². The number of ether oxygens (including phenoxy) is 9. The summed E-state index contributed by atoms with van der Waals surface area (Å²) < 4.78 is 49.5. The molecule has 1 aromatic carbocycles. The Bertz CT molecular complexity index is 1200. The third-order valence-electron chi connectivity index (χ3n) is 8.11. The van der Waals surface area contributed by atoms with E-state index in [2.05, 4.69) is 24.5 Å². The Kier molecular flexibility index (Phi) is 22.2. The van der Waals surface area contributed by atoms with Crippen molar-refractivity contribution in [2.75, 3.05) is 131 Å². The van der Waals surface area contributed by atoms with Gasteiger partial charge in [0, 0.05) is 25.3 Å². The number of anilines is 1. The van der Waals surface area contributed by atoms with Crippen molar-refractivity contribution in [3.63, 3.8) is 0 Å². The Morgan fingerprint density at radius 2 is 1.13 bits per heavy atom. The van der Waals surface area contributed by atoms with Crippen molar-refractivity contribution in [2.45, 2.75) is 39.2 Å². The van der Waals surface area contributed by atoms with Crippen LogP contribution < -0.4 is 10.6 Å². The number of hydrogen-bond acceptors (Lipinski definition) is 14. The lowest BCUT2D eigenvalue weighted by Gasteiger charge is -2.27. The summed E-state index contributed by atoms with van der Waals surface area (Å²) in [6.45, 7) is 13.6. The van der Waals surface area contributed by atoms with Crippen molar-refractivity contribution in [1.82, 2.24) is 10.2 Å². The average Bonchev–Trinajstić information content (AvgIpc) is 3.39. The van der Waals surface area contributed by atoms with Crippen LogP contribution in [0.2, 0.25) is 0 Å². The maximum Gasteiger partial charge on any atom is 0.264 e.